The first-order valence-electron chi connectivity index (χ1n) is 5.16. The smallest absolute Gasteiger partial charge is 0.233 e. The Morgan fingerprint density at radius 1 is 1.75 bits per heavy atom. The summed E-state index contributed by atoms with van der Waals surface area (Å²) in [6.45, 7) is 4.31. The topological polar surface area (TPSA) is 67.2 Å². The highest BCUT2D eigenvalue weighted by Gasteiger charge is 2.16. The molecule has 1 aromatic rings. The van der Waals surface area contributed by atoms with Crippen molar-refractivity contribution in [1.29, 1.82) is 0 Å². The van der Waals surface area contributed by atoms with E-state index in [0.29, 0.717) is 6.54 Å². The van der Waals surface area contributed by atoms with Gasteiger partial charge in [0.15, 0.2) is 5.16 Å². The number of carbonyl (C=O) groups is 1. The second kappa shape index (κ2) is 5.91. The Balaban J connectivity index is 2.65. The summed E-state index contributed by atoms with van der Waals surface area (Å²) < 4.78 is 1.79. The van der Waals surface area contributed by atoms with Crippen molar-refractivity contribution in [3.8, 4) is 0 Å². The Labute approximate surface area is 99.3 Å². The quantitative estimate of drug-likeness (QED) is 0.740. The fourth-order valence-electron chi connectivity index (χ4n) is 1.21. The van der Waals surface area contributed by atoms with E-state index in [4.69, 9.17) is 5.11 Å². The predicted molar refractivity (Wildman–Crippen MR) is 63.1 cm³/mol. The largest absolute Gasteiger partial charge is 0.390 e. The lowest BCUT2D eigenvalue weighted by Crippen LogP contribution is -2.30. The van der Waals surface area contributed by atoms with Gasteiger partial charge in [-0.2, -0.15) is 0 Å². The van der Waals surface area contributed by atoms with Crippen LogP contribution in [0.1, 0.15) is 19.5 Å². The third-order valence-electron chi connectivity index (χ3n) is 2.21. The SMILES string of the molecule is CCNC(=O)C(C)Sc1ncc(CO)n1C. The first-order chi connectivity index (χ1) is 7.60. The van der Waals surface area contributed by atoms with Crippen LogP contribution in [-0.4, -0.2) is 32.4 Å². The van der Waals surface area contributed by atoms with Gasteiger partial charge in [0.25, 0.3) is 0 Å². The summed E-state index contributed by atoms with van der Waals surface area (Å²) in [7, 11) is 1.82. The van der Waals surface area contributed by atoms with E-state index in [1.165, 1.54) is 11.8 Å². The Morgan fingerprint density at radius 2 is 2.44 bits per heavy atom. The first-order valence-corrected chi connectivity index (χ1v) is 6.03. The van der Waals surface area contributed by atoms with Crippen molar-refractivity contribution in [3.05, 3.63) is 11.9 Å². The van der Waals surface area contributed by atoms with Gasteiger partial charge in [-0.25, -0.2) is 4.98 Å². The van der Waals surface area contributed by atoms with Gasteiger partial charge in [0.05, 0.1) is 23.7 Å². The highest BCUT2D eigenvalue weighted by atomic mass is 32.2. The van der Waals surface area contributed by atoms with E-state index >= 15 is 0 Å². The van der Waals surface area contributed by atoms with E-state index in [2.05, 4.69) is 10.3 Å². The van der Waals surface area contributed by atoms with E-state index in [1.807, 2.05) is 20.9 Å². The van der Waals surface area contributed by atoms with E-state index in [-0.39, 0.29) is 17.8 Å². The van der Waals surface area contributed by atoms with Gasteiger partial charge in [0.1, 0.15) is 0 Å². The van der Waals surface area contributed by atoms with Crippen LogP contribution in [-0.2, 0) is 18.4 Å². The van der Waals surface area contributed by atoms with Gasteiger partial charge in [-0.05, 0) is 13.8 Å². The fourth-order valence-corrected chi connectivity index (χ4v) is 2.11. The normalized spacial score (nSPS) is 12.5. The average Bonchev–Trinajstić information content (AvgIpc) is 2.60. The van der Waals surface area contributed by atoms with Gasteiger partial charge in [-0.1, -0.05) is 11.8 Å². The standard InChI is InChI=1S/C10H17N3O2S/c1-4-11-9(15)7(2)16-10-12-5-8(6-14)13(10)3/h5,7,14H,4,6H2,1-3H3,(H,11,15). The minimum absolute atomic E-state index is 0.000971. The van der Waals surface area contributed by atoms with E-state index < -0.39 is 0 Å². The lowest BCUT2D eigenvalue weighted by atomic mass is 10.4. The molecule has 90 valence electrons. The highest BCUT2D eigenvalue weighted by Crippen LogP contribution is 2.22. The number of nitrogens with one attached hydrogen (secondary N) is 1. The fraction of sp³-hybridized carbons (Fsp3) is 0.600. The van der Waals surface area contributed by atoms with Crippen molar-refractivity contribution in [1.82, 2.24) is 14.9 Å². The molecule has 0 saturated heterocycles. The van der Waals surface area contributed by atoms with Crippen LogP contribution < -0.4 is 5.32 Å². The average molecular weight is 243 g/mol. The number of aliphatic hydroxyl groups is 1. The summed E-state index contributed by atoms with van der Waals surface area (Å²) in [4.78, 5) is 15.7. The van der Waals surface area contributed by atoms with Gasteiger partial charge >= 0.3 is 0 Å². The molecule has 1 unspecified atom stereocenters. The maximum Gasteiger partial charge on any atom is 0.233 e. The first kappa shape index (κ1) is 13.1. The van der Waals surface area contributed by atoms with Crippen molar-refractivity contribution in [3.63, 3.8) is 0 Å². The molecule has 0 aliphatic rings. The molecule has 1 aromatic heterocycles. The molecule has 5 nitrogen and oxygen atoms in total. The summed E-state index contributed by atoms with van der Waals surface area (Å²) in [5, 5.41) is 12.3. The highest BCUT2D eigenvalue weighted by molar-refractivity contribution is 8.00. The summed E-state index contributed by atoms with van der Waals surface area (Å²) in [6, 6.07) is 0. The van der Waals surface area contributed by atoms with Crippen molar-refractivity contribution in [2.75, 3.05) is 6.54 Å². The number of aliphatic hydroxyl groups excluding tert-OH is 1. The van der Waals surface area contributed by atoms with Gasteiger partial charge in [-0.15, -0.1) is 0 Å². The predicted octanol–water partition coefficient (Wildman–Crippen LogP) is 0.529. The van der Waals surface area contributed by atoms with Crippen molar-refractivity contribution >= 4 is 17.7 Å². The van der Waals surface area contributed by atoms with E-state index in [9.17, 15) is 4.79 Å². The second-order valence-corrected chi connectivity index (χ2v) is 4.71. The molecule has 1 heterocycles. The molecule has 0 bridgehead atoms. The lowest BCUT2D eigenvalue weighted by molar-refractivity contribution is -0.120. The number of hydrogen-bond donors (Lipinski definition) is 2. The maximum atomic E-state index is 11.5. The number of rotatable bonds is 5. The van der Waals surface area contributed by atoms with Gasteiger partial charge in [-0.3, -0.25) is 4.79 Å². The molecule has 0 saturated carbocycles. The van der Waals surface area contributed by atoms with Crippen molar-refractivity contribution < 1.29 is 9.90 Å². The lowest BCUT2D eigenvalue weighted by Gasteiger charge is -2.10. The summed E-state index contributed by atoms with van der Waals surface area (Å²) >= 11 is 1.38. The van der Waals surface area contributed by atoms with E-state index in [1.54, 1.807) is 10.8 Å². The maximum absolute atomic E-state index is 11.5. The molecule has 16 heavy (non-hydrogen) atoms. The molecule has 0 fully saturated rings. The molecular weight excluding hydrogens is 226 g/mol. The van der Waals surface area contributed by atoms with Crippen LogP contribution in [0, 0.1) is 0 Å². The Morgan fingerprint density at radius 3 is 2.94 bits per heavy atom. The molecule has 0 aliphatic heterocycles. The molecule has 0 radical (unpaired) electrons. The van der Waals surface area contributed by atoms with Crippen LogP contribution in [0.5, 0.6) is 0 Å². The number of carbonyl (C=O) groups excluding carboxylic acids is 1. The summed E-state index contributed by atoms with van der Waals surface area (Å²) in [5.74, 6) is 0.000971. The van der Waals surface area contributed by atoms with Crippen LogP contribution >= 0.6 is 11.8 Å². The second-order valence-electron chi connectivity index (χ2n) is 3.40. The minimum atomic E-state index is -0.187. The number of nitrogens with zero attached hydrogens (tertiary/aromatic N) is 2. The van der Waals surface area contributed by atoms with E-state index in [0.717, 1.165) is 10.9 Å². The molecule has 0 aliphatic carbocycles. The number of imidazole rings is 1. The van der Waals surface area contributed by atoms with Crippen molar-refractivity contribution in [2.45, 2.75) is 30.9 Å². The van der Waals surface area contributed by atoms with Crippen molar-refractivity contribution in [2.24, 2.45) is 7.05 Å². The Bertz CT molecular complexity index is 365. The third-order valence-corrected chi connectivity index (χ3v) is 3.36. The zero-order valence-electron chi connectivity index (χ0n) is 9.73. The summed E-state index contributed by atoms with van der Waals surface area (Å²) in [5.41, 5.74) is 0.741. The molecule has 1 rings (SSSR count). The molecule has 6 heteroatoms. The third kappa shape index (κ3) is 2.99. The number of thioether (sulfide) groups is 1. The van der Waals surface area contributed by atoms with Crippen LogP contribution in [0.15, 0.2) is 11.4 Å². The number of hydrogen-bond acceptors (Lipinski definition) is 4. The van der Waals surface area contributed by atoms with Gasteiger partial charge in [0.2, 0.25) is 5.91 Å². The van der Waals surface area contributed by atoms with Crippen LogP contribution in [0.4, 0.5) is 0 Å². The molecule has 0 aromatic carbocycles. The zero-order chi connectivity index (χ0) is 12.1. The summed E-state index contributed by atoms with van der Waals surface area (Å²) in [6.07, 6.45) is 1.62. The van der Waals surface area contributed by atoms with Gasteiger partial charge in [0, 0.05) is 13.6 Å². The molecule has 2 N–H and O–H groups in total. The minimum Gasteiger partial charge on any atom is -0.390 e. The number of amides is 1. The zero-order valence-corrected chi connectivity index (χ0v) is 10.5. The molecule has 0 spiro atoms. The Hall–Kier alpha value is -1.01. The number of aromatic nitrogens is 2. The Kier molecular flexibility index (Phi) is 4.82. The molecule has 1 amide bonds. The van der Waals surface area contributed by atoms with Gasteiger partial charge < -0.3 is 15.0 Å². The van der Waals surface area contributed by atoms with Crippen LogP contribution in [0.2, 0.25) is 0 Å². The monoisotopic (exact) mass is 243 g/mol. The molecular formula is C10H17N3O2S. The van der Waals surface area contributed by atoms with Crippen LogP contribution in [0.25, 0.3) is 0 Å². The molecule has 1 atom stereocenters. The van der Waals surface area contributed by atoms with Crippen LogP contribution in [0.3, 0.4) is 0 Å².